The van der Waals surface area contributed by atoms with Crippen LogP contribution in [-0.4, -0.2) is 58.9 Å². The molecule has 2 aliphatic heterocycles. The predicted molar refractivity (Wildman–Crippen MR) is 123 cm³/mol. The third kappa shape index (κ3) is 5.73. The molecule has 4 rings (SSSR count). The van der Waals surface area contributed by atoms with Crippen LogP contribution >= 0.6 is 23.4 Å². The van der Waals surface area contributed by atoms with Crippen LogP contribution in [0.5, 0.6) is 5.75 Å². The number of ether oxygens (including phenoxy) is 2. The number of carbonyl (C=O) groups is 1. The van der Waals surface area contributed by atoms with Gasteiger partial charge in [0.15, 0.2) is 0 Å². The molecule has 168 valence electrons. The number of amides is 1. The van der Waals surface area contributed by atoms with Crippen LogP contribution in [0, 0.1) is 5.92 Å². The molecule has 2 fully saturated rings. The summed E-state index contributed by atoms with van der Waals surface area (Å²) in [6.45, 7) is 5.30. The highest BCUT2D eigenvalue weighted by Crippen LogP contribution is 2.29. The fraction of sp³-hybridized carbons (Fsp3) is 0.591. The molecule has 9 heteroatoms. The Balaban J connectivity index is 1.42. The maximum atomic E-state index is 12.6. The summed E-state index contributed by atoms with van der Waals surface area (Å²) in [6.07, 6.45) is 3.90. The lowest BCUT2D eigenvalue weighted by Crippen LogP contribution is -2.38. The van der Waals surface area contributed by atoms with Crippen LogP contribution in [0.25, 0.3) is 10.9 Å². The highest BCUT2D eigenvalue weighted by atomic mass is 35.5. The molecule has 1 N–H and O–H groups in total. The number of aromatic nitrogens is 2. The van der Waals surface area contributed by atoms with Crippen LogP contribution in [0.4, 0.5) is 0 Å². The molecular formula is C22H28ClN3O4S. The number of likely N-dealkylation sites (tertiary alicyclic amines) is 1. The molecule has 2 aliphatic rings. The Kier molecular flexibility index (Phi) is 7.40. The lowest BCUT2D eigenvalue weighted by atomic mass is 9.98. The fourth-order valence-electron chi connectivity index (χ4n) is 4.07. The number of H-pyrrole nitrogens is 1. The molecule has 2 aromatic rings. The van der Waals surface area contributed by atoms with E-state index in [1.807, 2.05) is 4.90 Å². The second kappa shape index (κ2) is 10.2. The van der Waals surface area contributed by atoms with E-state index in [0.717, 1.165) is 52.0 Å². The Hall–Kier alpha value is -1.77. The Labute approximate surface area is 190 Å². The van der Waals surface area contributed by atoms with Gasteiger partial charge in [-0.3, -0.25) is 9.59 Å². The number of fused-ring (bicyclic) bond motifs is 1. The standard InChI is InChI=1S/C22H28ClN3O4S/c1-14(27)26-6-2-15(3-7-26)12-30-16-10-18(23)21-19(11-16)24-20(25-22(21)28)13-31-17-4-8-29-9-5-17/h10-11,15,17H,2-9,12-13H2,1H3,(H,24,25,28). The van der Waals surface area contributed by atoms with Crippen LogP contribution < -0.4 is 10.3 Å². The molecule has 0 atom stereocenters. The highest BCUT2D eigenvalue weighted by molar-refractivity contribution is 7.99. The zero-order valence-electron chi connectivity index (χ0n) is 17.7. The molecule has 0 aliphatic carbocycles. The van der Waals surface area contributed by atoms with E-state index in [9.17, 15) is 9.59 Å². The van der Waals surface area contributed by atoms with Crippen molar-refractivity contribution in [1.29, 1.82) is 0 Å². The van der Waals surface area contributed by atoms with E-state index in [1.165, 1.54) is 0 Å². The molecule has 0 bridgehead atoms. The molecule has 0 saturated carbocycles. The second-order valence-electron chi connectivity index (χ2n) is 8.20. The number of hydrogen-bond donors (Lipinski definition) is 1. The Morgan fingerprint density at radius 3 is 2.74 bits per heavy atom. The first-order valence-electron chi connectivity index (χ1n) is 10.8. The van der Waals surface area contributed by atoms with Gasteiger partial charge in [-0.2, -0.15) is 11.8 Å². The van der Waals surface area contributed by atoms with Crippen molar-refractivity contribution in [2.75, 3.05) is 32.9 Å². The summed E-state index contributed by atoms with van der Waals surface area (Å²) in [5, 5.41) is 1.27. The molecule has 3 heterocycles. The summed E-state index contributed by atoms with van der Waals surface area (Å²) < 4.78 is 11.4. The number of hydrogen-bond acceptors (Lipinski definition) is 6. The summed E-state index contributed by atoms with van der Waals surface area (Å²) in [6, 6.07) is 3.48. The Morgan fingerprint density at radius 2 is 2.03 bits per heavy atom. The molecule has 7 nitrogen and oxygen atoms in total. The number of thioether (sulfide) groups is 1. The van der Waals surface area contributed by atoms with Crippen molar-refractivity contribution in [2.24, 2.45) is 5.92 Å². The summed E-state index contributed by atoms with van der Waals surface area (Å²) in [4.78, 5) is 33.5. The van der Waals surface area contributed by atoms with E-state index in [-0.39, 0.29) is 11.5 Å². The monoisotopic (exact) mass is 465 g/mol. The first-order valence-corrected chi connectivity index (χ1v) is 12.2. The molecule has 1 aromatic heterocycles. The van der Waals surface area contributed by atoms with Crippen molar-refractivity contribution in [3.63, 3.8) is 0 Å². The van der Waals surface area contributed by atoms with E-state index < -0.39 is 0 Å². The minimum Gasteiger partial charge on any atom is -0.493 e. The van der Waals surface area contributed by atoms with E-state index in [0.29, 0.717) is 51.0 Å². The van der Waals surface area contributed by atoms with Crippen LogP contribution in [0.1, 0.15) is 38.4 Å². The maximum absolute atomic E-state index is 12.6. The quantitative estimate of drug-likeness (QED) is 0.701. The summed E-state index contributed by atoms with van der Waals surface area (Å²) in [5.41, 5.74) is 0.334. The Bertz CT molecular complexity index is 985. The van der Waals surface area contributed by atoms with Gasteiger partial charge in [-0.1, -0.05) is 11.6 Å². The molecular weight excluding hydrogens is 438 g/mol. The topological polar surface area (TPSA) is 84.5 Å². The molecule has 0 unspecified atom stereocenters. The highest BCUT2D eigenvalue weighted by Gasteiger charge is 2.21. The SMILES string of the molecule is CC(=O)N1CCC(COc2cc(Cl)c3c(=O)[nH]c(CSC4CCOCC4)nc3c2)CC1. The van der Waals surface area contributed by atoms with Gasteiger partial charge in [-0.25, -0.2) is 4.98 Å². The number of carbonyl (C=O) groups excluding carboxylic acids is 1. The third-order valence-corrected chi connectivity index (χ3v) is 7.63. The first kappa shape index (κ1) is 22.4. The van der Waals surface area contributed by atoms with E-state index >= 15 is 0 Å². The molecule has 31 heavy (non-hydrogen) atoms. The average molecular weight is 466 g/mol. The van der Waals surface area contributed by atoms with Crippen molar-refractivity contribution in [3.05, 3.63) is 33.3 Å². The van der Waals surface area contributed by atoms with Crippen molar-refractivity contribution in [1.82, 2.24) is 14.9 Å². The molecule has 1 amide bonds. The second-order valence-corrected chi connectivity index (χ2v) is 9.89. The van der Waals surface area contributed by atoms with E-state index in [1.54, 1.807) is 30.8 Å². The number of nitrogens with one attached hydrogen (secondary N) is 1. The van der Waals surface area contributed by atoms with Crippen LogP contribution in [0.15, 0.2) is 16.9 Å². The van der Waals surface area contributed by atoms with Gasteiger partial charge in [0.1, 0.15) is 11.6 Å². The van der Waals surface area contributed by atoms with Gasteiger partial charge in [0.05, 0.1) is 28.3 Å². The van der Waals surface area contributed by atoms with Gasteiger partial charge in [-0.05, 0) is 37.7 Å². The summed E-state index contributed by atoms with van der Waals surface area (Å²) in [5.74, 6) is 2.44. The van der Waals surface area contributed by atoms with Crippen LogP contribution in [0.2, 0.25) is 5.02 Å². The van der Waals surface area contributed by atoms with Gasteiger partial charge in [0.25, 0.3) is 5.56 Å². The normalized spacial score (nSPS) is 18.5. The molecule has 0 spiro atoms. The largest absolute Gasteiger partial charge is 0.493 e. The summed E-state index contributed by atoms with van der Waals surface area (Å²) >= 11 is 8.19. The number of nitrogens with zero attached hydrogens (tertiary/aromatic N) is 2. The predicted octanol–water partition coefficient (Wildman–Crippen LogP) is 3.63. The number of benzene rings is 1. The molecule has 2 saturated heterocycles. The average Bonchev–Trinajstić information content (AvgIpc) is 2.77. The maximum Gasteiger partial charge on any atom is 0.260 e. The minimum atomic E-state index is -0.222. The Morgan fingerprint density at radius 1 is 1.29 bits per heavy atom. The van der Waals surface area contributed by atoms with Crippen LogP contribution in [0.3, 0.4) is 0 Å². The van der Waals surface area contributed by atoms with E-state index in [2.05, 4.69) is 9.97 Å². The van der Waals surface area contributed by atoms with Crippen molar-refractivity contribution in [3.8, 4) is 5.75 Å². The smallest absolute Gasteiger partial charge is 0.260 e. The van der Waals surface area contributed by atoms with Crippen molar-refractivity contribution < 1.29 is 14.3 Å². The van der Waals surface area contributed by atoms with Gasteiger partial charge < -0.3 is 19.4 Å². The lowest BCUT2D eigenvalue weighted by Gasteiger charge is -2.31. The molecule has 0 radical (unpaired) electrons. The third-order valence-electron chi connectivity index (χ3n) is 5.95. The van der Waals surface area contributed by atoms with Crippen LogP contribution in [-0.2, 0) is 15.3 Å². The zero-order chi connectivity index (χ0) is 21.8. The van der Waals surface area contributed by atoms with Crippen molar-refractivity contribution >= 4 is 40.2 Å². The summed E-state index contributed by atoms with van der Waals surface area (Å²) in [7, 11) is 0. The number of aromatic amines is 1. The molecule has 1 aromatic carbocycles. The van der Waals surface area contributed by atoms with Gasteiger partial charge in [0.2, 0.25) is 5.91 Å². The van der Waals surface area contributed by atoms with Gasteiger partial charge in [0, 0.05) is 44.5 Å². The fourth-order valence-corrected chi connectivity index (χ4v) is 5.41. The minimum absolute atomic E-state index is 0.128. The zero-order valence-corrected chi connectivity index (χ0v) is 19.3. The van der Waals surface area contributed by atoms with Gasteiger partial charge >= 0.3 is 0 Å². The number of halogens is 1. The van der Waals surface area contributed by atoms with Crippen molar-refractivity contribution in [2.45, 2.75) is 43.6 Å². The first-order chi connectivity index (χ1) is 15.0. The van der Waals surface area contributed by atoms with Gasteiger partial charge in [-0.15, -0.1) is 0 Å². The number of piperidine rings is 1. The number of rotatable bonds is 6. The lowest BCUT2D eigenvalue weighted by molar-refractivity contribution is -0.130. The van der Waals surface area contributed by atoms with E-state index in [4.69, 9.17) is 21.1 Å².